The fourth-order valence-corrected chi connectivity index (χ4v) is 2.36. The maximum Gasteiger partial charge on any atom is 0.323 e. The second kappa shape index (κ2) is 7.19. The molecule has 2 rings (SSSR count). The first-order chi connectivity index (χ1) is 10.1. The molecule has 0 spiro atoms. The van der Waals surface area contributed by atoms with Crippen LogP contribution in [0.3, 0.4) is 0 Å². The van der Waals surface area contributed by atoms with Crippen LogP contribution in [0, 0.1) is 0 Å². The Hall–Kier alpha value is -1.92. The number of rotatable bonds is 5. The minimum atomic E-state index is -1.03. The van der Waals surface area contributed by atoms with Crippen molar-refractivity contribution >= 4 is 11.9 Å². The first-order valence-electron chi connectivity index (χ1n) is 6.91. The molecule has 114 valence electrons. The van der Waals surface area contributed by atoms with E-state index >= 15 is 0 Å². The summed E-state index contributed by atoms with van der Waals surface area (Å²) in [4.78, 5) is 26.1. The topological polar surface area (TPSA) is 70.1 Å². The lowest BCUT2D eigenvalue weighted by Crippen LogP contribution is -2.50. The summed E-state index contributed by atoms with van der Waals surface area (Å²) >= 11 is 0. The number of benzene rings is 1. The monoisotopic (exact) mass is 292 g/mol. The molecule has 0 saturated carbocycles. The Balaban J connectivity index is 1.91. The van der Waals surface area contributed by atoms with Crippen LogP contribution >= 0.6 is 0 Å². The lowest BCUT2D eigenvalue weighted by Gasteiger charge is -2.33. The largest absolute Gasteiger partial charge is 0.480 e. The molecule has 1 aromatic rings. The smallest absolute Gasteiger partial charge is 0.323 e. The molecule has 0 radical (unpaired) electrons. The highest BCUT2D eigenvalue weighted by Gasteiger charge is 2.29. The van der Waals surface area contributed by atoms with Gasteiger partial charge < -0.3 is 14.7 Å². The third kappa shape index (κ3) is 4.54. The van der Waals surface area contributed by atoms with Gasteiger partial charge in [0.25, 0.3) is 5.91 Å². The third-order valence-corrected chi connectivity index (χ3v) is 3.42. The molecule has 1 unspecified atom stereocenters. The van der Waals surface area contributed by atoms with Crippen LogP contribution in [0.4, 0.5) is 0 Å². The van der Waals surface area contributed by atoms with Crippen LogP contribution in [0.1, 0.15) is 5.56 Å². The Morgan fingerprint density at radius 3 is 2.76 bits per heavy atom. The van der Waals surface area contributed by atoms with E-state index in [0.717, 1.165) is 13.1 Å². The first kappa shape index (κ1) is 15.5. The molecule has 0 aliphatic carbocycles. The van der Waals surface area contributed by atoms with Crippen molar-refractivity contribution in [3.8, 4) is 0 Å². The molecule has 1 saturated heterocycles. The van der Waals surface area contributed by atoms with E-state index in [1.165, 1.54) is 17.5 Å². The third-order valence-electron chi connectivity index (χ3n) is 3.42. The molecule has 6 heteroatoms. The van der Waals surface area contributed by atoms with Crippen LogP contribution in [0.15, 0.2) is 30.3 Å². The highest BCUT2D eigenvalue weighted by atomic mass is 16.5. The molecule has 1 amide bonds. The number of amides is 1. The number of aliphatic carboxylic acids is 1. The van der Waals surface area contributed by atoms with Gasteiger partial charge in [-0.2, -0.15) is 0 Å². The fraction of sp³-hybridized carbons (Fsp3) is 0.467. The van der Waals surface area contributed by atoms with Crippen molar-refractivity contribution in [1.82, 2.24) is 9.80 Å². The molecular weight excluding hydrogens is 272 g/mol. The average molecular weight is 292 g/mol. The molecule has 21 heavy (non-hydrogen) atoms. The van der Waals surface area contributed by atoms with Gasteiger partial charge in [-0.25, -0.2) is 0 Å². The van der Waals surface area contributed by atoms with E-state index in [4.69, 9.17) is 9.84 Å². The maximum absolute atomic E-state index is 12.1. The number of morpholine rings is 1. The molecular formula is C15H20N2O4. The number of carboxylic acid groups (broad SMARTS) is 1. The molecule has 6 nitrogen and oxygen atoms in total. The van der Waals surface area contributed by atoms with Gasteiger partial charge >= 0.3 is 5.97 Å². The van der Waals surface area contributed by atoms with Crippen molar-refractivity contribution in [2.45, 2.75) is 12.6 Å². The zero-order valence-corrected chi connectivity index (χ0v) is 12.1. The Bertz CT molecular complexity index is 492. The van der Waals surface area contributed by atoms with Crippen LogP contribution < -0.4 is 0 Å². The molecule has 0 bridgehead atoms. The quantitative estimate of drug-likeness (QED) is 0.852. The number of hydrogen-bond acceptors (Lipinski definition) is 4. The van der Waals surface area contributed by atoms with E-state index in [0.29, 0.717) is 13.2 Å². The van der Waals surface area contributed by atoms with Gasteiger partial charge in [0.15, 0.2) is 0 Å². The first-order valence-corrected chi connectivity index (χ1v) is 6.91. The van der Waals surface area contributed by atoms with E-state index < -0.39 is 12.1 Å². The van der Waals surface area contributed by atoms with Crippen molar-refractivity contribution in [1.29, 1.82) is 0 Å². The van der Waals surface area contributed by atoms with E-state index in [-0.39, 0.29) is 12.5 Å². The Labute approximate surface area is 123 Å². The number of hydrogen-bond donors (Lipinski definition) is 1. The summed E-state index contributed by atoms with van der Waals surface area (Å²) in [6.45, 7) is 2.18. The van der Waals surface area contributed by atoms with Crippen molar-refractivity contribution in [3.05, 3.63) is 35.9 Å². The van der Waals surface area contributed by atoms with E-state index in [1.54, 1.807) is 0 Å². The van der Waals surface area contributed by atoms with Crippen molar-refractivity contribution in [2.75, 3.05) is 33.3 Å². The van der Waals surface area contributed by atoms with Crippen molar-refractivity contribution < 1.29 is 19.4 Å². The number of carbonyl (C=O) groups is 2. The second-order valence-electron chi connectivity index (χ2n) is 5.17. The number of ether oxygens (including phenoxy) is 1. The van der Waals surface area contributed by atoms with Crippen molar-refractivity contribution in [2.24, 2.45) is 0 Å². The summed E-state index contributed by atoms with van der Waals surface area (Å²) in [6, 6.07) is 10.0. The molecule has 1 fully saturated rings. The Morgan fingerprint density at radius 2 is 2.10 bits per heavy atom. The molecule has 1 aromatic carbocycles. The molecule has 0 aromatic heterocycles. The normalized spacial score (nSPS) is 19.2. The van der Waals surface area contributed by atoms with Gasteiger partial charge in [0.1, 0.15) is 12.6 Å². The van der Waals surface area contributed by atoms with Gasteiger partial charge in [-0.05, 0) is 5.56 Å². The van der Waals surface area contributed by atoms with Crippen LogP contribution in [0.25, 0.3) is 0 Å². The lowest BCUT2D eigenvalue weighted by atomic mass is 10.2. The lowest BCUT2D eigenvalue weighted by molar-refractivity contribution is -0.153. The van der Waals surface area contributed by atoms with Gasteiger partial charge in [-0.15, -0.1) is 0 Å². The zero-order valence-electron chi connectivity index (χ0n) is 12.1. The van der Waals surface area contributed by atoms with E-state index in [9.17, 15) is 9.59 Å². The second-order valence-corrected chi connectivity index (χ2v) is 5.17. The van der Waals surface area contributed by atoms with E-state index in [2.05, 4.69) is 4.90 Å². The van der Waals surface area contributed by atoms with Gasteiger partial charge in [0.05, 0.1) is 6.61 Å². The average Bonchev–Trinajstić information content (AvgIpc) is 2.47. The highest BCUT2D eigenvalue weighted by molar-refractivity contribution is 5.84. The molecule has 1 aliphatic heterocycles. The standard InChI is InChI=1S/C15H20N2O4/c1-16(11-14(18)19)15(20)13-10-17(7-8-21-13)9-12-5-3-2-4-6-12/h2-6,13H,7-11H2,1H3,(H,18,19). The minimum absolute atomic E-state index is 0.282. The summed E-state index contributed by atoms with van der Waals surface area (Å²) in [5, 5.41) is 8.73. The number of likely N-dealkylation sites (N-methyl/N-ethyl adjacent to an activating group) is 1. The van der Waals surface area contributed by atoms with Crippen LogP contribution in [-0.2, 0) is 20.9 Å². The van der Waals surface area contributed by atoms with Crippen molar-refractivity contribution in [3.63, 3.8) is 0 Å². The van der Waals surface area contributed by atoms with Crippen LogP contribution in [0.5, 0.6) is 0 Å². The minimum Gasteiger partial charge on any atom is -0.480 e. The van der Waals surface area contributed by atoms with Gasteiger partial charge in [0, 0.05) is 26.7 Å². The summed E-state index contributed by atoms with van der Waals surface area (Å²) in [6.07, 6.45) is -0.591. The number of nitrogens with zero attached hydrogens (tertiary/aromatic N) is 2. The molecule has 1 atom stereocenters. The zero-order chi connectivity index (χ0) is 15.2. The predicted molar refractivity (Wildman–Crippen MR) is 76.7 cm³/mol. The maximum atomic E-state index is 12.1. The SMILES string of the molecule is CN(CC(=O)O)C(=O)C1CN(Cc2ccccc2)CCO1. The molecule has 1 aliphatic rings. The van der Waals surface area contributed by atoms with Gasteiger partial charge in [-0.3, -0.25) is 14.5 Å². The van der Waals surface area contributed by atoms with Gasteiger partial charge in [-0.1, -0.05) is 30.3 Å². The summed E-state index contributed by atoms with van der Waals surface area (Å²) in [5.41, 5.74) is 1.18. The van der Waals surface area contributed by atoms with Gasteiger partial charge in [0.2, 0.25) is 0 Å². The summed E-state index contributed by atoms with van der Waals surface area (Å²) < 4.78 is 5.48. The number of carboxylic acids is 1. The highest BCUT2D eigenvalue weighted by Crippen LogP contribution is 2.12. The Morgan fingerprint density at radius 1 is 1.38 bits per heavy atom. The van der Waals surface area contributed by atoms with Crippen LogP contribution in [-0.4, -0.2) is 66.2 Å². The molecule has 1 N–H and O–H groups in total. The summed E-state index contributed by atoms with van der Waals surface area (Å²) in [7, 11) is 1.48. The summed E-state index contributed by atoms with van der Waals surface area (Å²) in [5.74, 6) is -1.31. The molecule has 1 heterocycles. The predicted octanol–water partition coefficient (Wildman–Crippen LogP) is 0.430. The fourth-order valence-electron chi connectivity index (χ4n) is 2.36. The number of carbonyl (C=O) groups excluding carboxylic acids is 1. The van der Waals surface area contributed by atoms with Crippen LogP contribution in [0.2, 0.25) is 0 Å². The van der Waals surface area contributed by atoms with E-state index in [1.807, 2.05) is 30.3 Å². The Kier molecular flexibility index (Phi) is 5.30.